The topological polar surface area (TPSA) is 253 Å². The van der Waals surface area contributed by atoms with Crippen LogP contribution in [0.3, 0.4) is 0 Å². The molecule has 5 N–H and O–H groups in total. The van der Waals surface area contributed by atoms with Crippen molar-refractivity contribution in [3.05, 3.63) is 30.3 Å². The van der Waals surface area contributed by atoms with Crippen molar-refractivity contribution >= 4 is 41.9 Å². The van der Waals surface area contributed by atoms with Crippen LogP contribution in [-0.4, -0.2) is 151 Å². The van der Waals surface area contributed by atoms with Crippen LogP contribution in [0, 0.1) is 0 Å². The zero-order valence-electron chi connectivity index (χ0n) is 30.1. The Morgan fingerprint density at radius 2 is 1.57 bits per heavy atom. The molecule has 0 saturated carbocycles. The number of alkyl carbamates (subject to hydrolysis) is 2. The molecule has 4 aliphatic rings. The number of aliphatic hydroxyl groups excluding tert-OH is 3. The first-order valence-corrected chi connectivity index (χ1v) is 18.2. The summed E-state index contributed by atoms with van der Waals surface area (Å²) in [6.45, 7) is 1.82. The van der Waals surface area contributed by atoms with E-state index in [0.717, 1.165) is 39.3 Å². The van der Waals surface area contributed by atoms with Crippen molar-refractivity contribution in [2.75, 3.05) is 34.0 Å². The second kappa shape index (κ2) is 17.8. The first-order valence-electron chi connectivity index (χ1n) is 17.4. The summed E-state index contributed by atoms with van der Waals surface area (Å²) in [6, 6.07) is 6.56. The maximum Gasteiger partial charge on any atom is 0.407 e. The molecule has 0 radical (unpaired) electrons. The summed E-state index contributed by atoms with van der Waals surface area (Å²) < 4.78 is 51.5. The summed E-state index contributed by atoms with van der Waals surface area (Å²) in [5.41, 5.74) is 0. The highest BCUT2D eigenvalue weighted by molar-refractivity contribution is 8.01. The summed E-state index contributed by atoms with van der Waals surface area (Å²) in [5.74, 6) is -5.46. The van der Waals surface area contributed by atoms with Crippen molar-refractivity contribution in [1.29, 1.82) is 0 Å². The number of aliphatic hydroxyl groups is 3. The molecule has 20 heteroatoms. The largest absolute Gasteiger partial charge is 0.466 e. The second-order valence-electron chi connectivity index (χ2n) is 13.1. The van der Waals surface area contributed by atoms with Gasteiger partial charge < -0.3 is 68.6 Å². The Morgan fingerprint density at radius 1 is 0.944 bits per heavy atom. The van der Waals surface area contributed by atoms with Crippen molar-refractivity contribution in [3.63, 3.8) is 0 Å². The molecule has 4 fully saturated rings. The molecule has 0 spiro atoms. The predicted octanol–water partition coefficient (Wildman–Crippen LogP) is -0.103. The van der Waals surface area contributed by atoms with Gasteiger partial charge in [0.15, 0.2) is 6.10 Å². The number of rotatable bonds is 17. The number of carbonyl (C=O) groups is 5. The number of fused-ring (bicyclic) bond motifs is 2. The fraction of sp³-hybridized carbons (Fsp3) is 0.676. The molecule has 0 bridgehead atoms. The van der Waals surface area contributed by atoms with Crippen molar-refractivity contribution in [2.45, 2.75) is 116 Å². The molecule has 0 aliphatic carbocycles. The Kier molecular flexibility index (Phi) is 13.6. The second-order valence-corrected chi connectivity index (χ2v) is 14.4. The minimum atomic E-state index is -2.55. The highest BCUT2D eigenvalue weighted by atomic mass is 32.2. The third kappa shape index (κ3) is 8.86. The molecule has 12 atom stereocenters. The number of hydrogen-bond acceptors (Lipinski definition) is 18. The predicted molar refractivity (Wildman–Crippen MR) is 180 cm³/mol. The molecular formula is C34H46N2O17S. The van der Waals surface area contributed by atoms with Gasteiger partial charge in [-0.2, -0.15) is 0 Å². The number of carbonyl (C=O) groups excluding carboxylic acids is 5. The Balaban J connectivity index is 1.56. The van der Waals surface area contributed by atoms with E-state index >= 15 is 0 Å². The van der Waals surface area contributed by atoms with Crippen molar-refractivity contribution in [1.82, 2.24) is 10.6 Å². The van der Waals surface area contributed by atoms with E-state index in [4.69, 9.17) is 42.6 Å². The van der Waals surface area contributed by atoms with Crippen LogP contribution < -0.4 is 10.6 Å². The van der Waals surface area contributed by atoms with E-state index in [1.54, 1.807) is 30.3 Å². The maximum atomic E-state index is 13.8. The summed E-state index contributed by atoms with van der Waals surface area (Å²) in [4.78, 5) is 63.4. The van der Waals surface area contributed by atoms with Crippen molar-refractivity contribution in [2.24, 2.45) is 0 Å². The van der Waals surface area contributed by atoms with Crippen molar-refractivity contribution in [3.8, 4) is 0 Å². The van der Waals surface area contributed by atoms with Gasteiger partial charge in [-0.25, -0.2) is 19.2 Å². The summed E-state index contributed by atoms with van der Waals surface area (Å²) in [5, 5.41) is 38.0. The third-order valence-electron chi connectivity index (χ3n) is 9.38. The standard InChI is InChI=1S/C34H46N2O17S/c1-5-6-12-47-16-22(25(40)27-23-21(50-31(43)35-23)14-34(53-27,30(42)46-4)54-18-10-8-7-9-11-18)51-33(29(41)45-3)13-20-24(36-32(44)49-20)28(52-33)26(19(39)15-37)48-17(2)38/h7-11,19-28,37,39-40H,5-6,12-16H2,1-4H3,(H,35,43)(H,36,44)/t19-,20-,21-,22-,23-,24-,25-,26-,27?,28?,33-,34-/m1/s1. The molecule has 2 amide bonds. The zero-order valence-corrected chi connectivity index (χ0v) is 30.9. The number of esters is 3. The van der Waals surface area contributed by atoms with Crippen LogP contribution in [0.25, 0.3) is 0 Å². The number of amides is 2. The molecule has 19 nitrogen and oxygen atoms in total. The van der Waals surface area contributed by atoms with Crippen LogP contribution in [0.2, 0.25) is 0 Å². The van der Waals surface area contributed by atoms with Crippen LogP contribution in [0.4, 0.5) is 9.59 Å². The van der Waals surface area contributed by atoms with Crippen molar-refractivity contribution < 1.29 is 81.9 Å². The molecule has 4 heterocycles. The molecule has 1 aromatic carbocycles. The molecular weight excluding hydrogens is 740 g/mol. The van der Waals surface area contributed by atoms with Crippen LogP contribution in [0.15, 0.2) is 35.2 Å². The maximum absolute atomic E-state index is 13.8. The number of hydrogen-bond donors (Lipinski definition) is 5. The highest BCUT2D eigenvalue weighted by Gasteiger charge is 2.64. The minimum Gasteiger partial charge on any atom is -0.466 e. The van der Waals surface area contributed by atoms with Gasteiger partial charge in [0.1, 0.15) is 42.7 Å². The van der Waals surface area contributed by atoms with E-state index in [9.17, 15) is 39.3 Å². The van der Waals surface area contributed by atoms with Crippen LogP contribution in [0.5, 0.6) is 0 Å². The zero-order chi connectivity index (χ0) is 39.2. The first-order chi connectivity index (χ1) is 25.8. The Bertz CT molecular complexity index is 1510. The van der Waals surface area contributed by atoms with Gasteiger partial charge in [0.25, 0.3) is 5.79 Å². The van der Waals surface area contributed by atoms with E-state index in [1.807, 2.05) is 6.92 Å². The summed E-state index contributed by atoms with van der Waals surface area (Å²) in [6.07, 6.45) is -13.3. The van der Waals surface area contributed by atoms with Gasteiger partial charge in [-0.1, -0.05) is 43.3 Å². The molecule has 0 aromatic heterocycles. The molecule has 300 valence electrons. The number of ether oxygens (including phenoxy) is 9. The average Bonchev–Trinajstić information content (AvgIpc) is 3.73. The molecule has 54 heavy (non-hydrogen) atoms. The van der Waals surface area contributed by atoms with Gasteiger partial charge in [0.2, 0.25) is 4.93 Å². The lowest BCUT2D eigenvalue weighted by atomic mass is 9.88. The van der Waals surface area contributed by atoms with E-state index in [-0.39, 0.29) is 13.0 Å². The number of thioether (sulfide) groups is 1. The fourth-order valence-electron chi connectivity index (χ4n) is 6.89. The van der Waals surface area contributed by atoms with Gasteiger partial charge in [0.05, 0.1) is 45.9 Å². The smallest absolute Gasteiger partial charge is 0.407 e. The van der Waals surface area contributed by atoms with Crippen LogP contribution in [-0.2, 0) is 57.0 Å². The van der Waals surface area contributed by atoms with Gasteiger partial charge in [-0.3, -0.25) is 4.79 Å². The quantitative estimate of drug-likeness (QED) is 0.0785. The number of nitrogens with one attached hydrogen (secondary N) is 2. The van der Waals surface area contributed by atoms with E-state index in [0.29, 0.717) is 11.3 Å². The fourth-order valence-corrected chi connectivity index (χ4v) is 8.13. The molecule has 4 aliphatic heterocycles. The lowest BCUT2D eigenvalue weighted by Crippen LogP contribution is -2.68. The lowest BCUT2D eigenvalue weighted by molar-refractivity contribution is -0.333. The normalized spacial score (nSPS) is 32.3. The van der Waals surface area contributed by atoms with Gasteiger partial charge in [-0.05, 0) is 18.6 Å². The first kappa shape index (κ1) is 41.4. The Morgan fingerprint density at radius 3 is 2.17 bits per heavy atom. The molecule has 4 saturated heterocycles. The Labute approximate surface area is 314 Å². The van der Waals surface area contributed by atoms with E-state index in [2.05, 4.69) is 10.6 Å². The minimum absolute atomic E-state index is 0.173. The van der Waals surface area contributed by atoms with Crippen LogP contribution in [0.1, 0.15) is 39.5 Å². The van der Waals surface area contributed by atoms with E-state index < -0.39 is 121 Å². The van der Waals surface area contributed by atoms with Crippen LogP contribution >= 0.6 is 11.8 Å². The molecule has 5 rings (SSSR count). The van der Waals surface area contributed by atoms with Gasteiger partial charge in [-0.15, -0.1) is 0 Å². The monoisotopic (exact) mass is 786 g/mol. The highest BCUT2D eigenvalue weighted by Crippen LogP contribution is 2.47. The van der Waals surface area contributed by atoms with Gasteiger partial charge in [0, 0.05) is 24.8 Å². The molecule has 2 unspecified atom stereocenters. The SMILES string of the molecule is CCCCOC[C@@H](O[C@]1(C(=O)OC)C[C@H]2OC(=O)N[C@H]2C([C@H](OC(C)=O)[C@H](O)CO)O1)[C@@H](O)C1O[C@](Sc2ccccc2)(C(=O)OC)C[C@H]2OC(=O)N[C@@H]12. The number of benzene rings is 1. The molecule has 1 aromatic rings. The Hall–Kier alpha value is -3.76. The average molecular weight is 787 g/mol. The number of unbranched alkanes of at least 4 members (excludes halogenated alkanes) is 1. The van der Waals surface area contributed by atoms with Gasteiger partial charge >= 0.3 is 30.1 Å². The summed E-state index contributed by atoms with van der Waals surface area (Å²) in [7, 11) is 2.19. The van der Waals surface area contributed by atoms with E-state index in [1.165, 1.54) is 0 Å². The number of methoxy groups -OCH3 is 2. The summed E-state index contributed by atoms with van der Waals surface area (Å²) >= 11 is 0.981. The third-order valence-corrected chi connectivity index (χ3v) is 10.6. The lowest BCUT2D eigenvalue weighted by Gasteiger charge is -2.48.